The van der Waals surface area contributed by atoms with Crippen molar-refractivity contribution in [3.05, 3.63) is 23.2 Å². The molecule has 0 radical (unpaired) electrons. The van der Waals surface area contributed by atoms with Crippen molar-refractivity contribution < 1.29 is 14.3 Å². The number of carboxylic acid groups (broad SMARTS) is 1. The molecule has 1 aromatic rings. The molecule has 1 rings (SSSR count). The summed E-state index contributed by atoms with van der Waals surface area (Å²) in [7, 11) is 0. The van der Waals surface area contributed by atoms with Crippen molar-refractivity contribution in [3.8, 4) is 0 Å². The first-order chi connectivity index (χ1) is 8.04. The number of carbonyl (C=O) groups is 1. The zero-order valence-electron chi connectivity index (χ0n) is 10.4. The van der Waals surface area contributed by atoms with Crippen LogP contribution in [0.2, 0.25) is 0 Å². The summed E-state index contributed by atoms with van der Waals surface area (Å²) in [6.45, 7) is 5.33. The van der Waals surface area contributed by atoms with Crippen LogP contribution < -0.4 is 5.32 Å². The van der Waals surface area contributed by atoms with Gasteiger partial charge in [0.05, 0.1) is 6.54 Å². The number of nitrogens with one attached hydrogen (secondary N) is 1. The lowest BCUT2D eigenvalue weighted by molar-refractivity contribution is 0.0695. The lowest BCUT2D eigenvalue weighted by Crippen LogP contribution is -2.21. The Bertz CT molecular complexity index is 376. The Balaban J connectivity index is 2.42. The highest BCUT2D eigenvalue weighted by Gasteiger charge is 2.13. The third kappa shape index (κ3) is 4.44. The molecule has 5 heteroatoms. The van der Waals surface area contributed by atoms with Crippen LogP contribution in [-0.4, -0.2) is 29.6 Å². The molecule has 0 fully saturated rings. The van der Waals surface area contributed by atoms with Crippen LogP contribution in [0.15, 0.2) is 10.5 Å². The summed E-state index contributed by atoms with van der Waals surface area (Å²) in [5.74, 6) is 1.92. The highest BCUT2D eigenvalue weighted by molar-refractivity contribution is 7.98. The van der Waals surface area contributed by atoms with Crippen molar-refractivity contribution in [2.24, 2.45) is 5.92 Å². The van der Waals surface area contributed by atoms with Gasteiger partial charge < -0.3 is 14.8 Å². The lowest BCUT2D eigenvalue weighted by Gasteiger charge is -2.09. The maximum absolute atomic E-state index is 10.8. The zero-order valence-corrected chi connectivity index (χ0v) is 11.3. The number of hydrogen-bond acceptors (Lipinski definition) is 4. The van der Waals surface area contributed by atoms with Crippen LogP contribution in [0.5, 0.6) is 0 Å². The maximum Gasteiger partial charge on any atom is 0.339 e. The molecular formula is C12H19NO3S. The molecule has 2 N–H and O–H groups in total. The molecule has 1 heterocycles. The van der Waals surface area contributed by atoms with Gasteiger partial charge in [0.25, 0.3) is 0 Å². The summed E-state index contributed by atoms with van der Waals surface area (Å²) in [4.78, 5) is 10.8. The van der Waals surface area contributed by atoms with Crippen molar-refractivity contribution in [2.45, 2.75) is 20.4 Å². The first kappa shape index (κ1) is 14.1. The second kappa shape index (κ2) is 6.71. The highest BCUT2D eigenvalue weighted by atomic mass is 32.2. The van der Waals surface area contributed by atoms with E-state index in [1.165, 1.54) is 0 Å². The molecule has 1 aromatic heterocycles. The average Bonchev–Trinajstić information content (AvgIpc) is 2.60. The fourth-order valence-corrected chi connectivity index (χ4v) is 2.32. The number of hydrogen-bond donors (Lipinski definition) is 2. The summed E-state index contributed by atoms with van der Waals surface area (Å²) in [6, 6.07) is 1.59. The lowest BCUT2D eigenvalue weighted by atomic mass is 10.2. The largest absolute Gasteiger partial charge is 0.478 e. The van der Waals surface area contributed by atoms with Crippen LogP contribution in [-0.2, 0) is 6.54 Å². The quantitative estimate of drug-likeness (QED) is 0.785. The van der Waals surface area contributed by atoms with E-state index in [9.17, 15) is 4.79 Å². The van der Waals surface area contributed by atoms with Gasteiger partial charge in [0.15, 0.2) is 0 Å². The molecular weight excluding hydrogens is 238 g/mol. The van der Waals surface area contributed by atoms with Crippen LogP contribution in [0.25, 0.3) is 0 Å². The maximum atomic E-state index is 10.8. The fourth-order valence-electron chi connectivity index (χ4n) is 1.63. The smallest absolute Gasteiger partial charge is 0.339 e. The molecule has 4 nitrogen and oxygen atoms in total. The molecule has 96 valence electrons. The van der Waals surface area contributed by atoms with Gasteiger partial charge in [0.1, 0.15) is 17.1 Å². The van der Waals surface area contributed by atoms with E-state index in [2.05, 4.69) is 18.5 Å². The van der Waals surface area contributed by atoms with E-state index in [4.69, 9.17) is 9.52 Å². The van der Waals surface area contributed by atoms with Gasteiger partial charge in [0.2, 0.25) is 0 Å². The summed E-state index contributed by atoms with van der Waals surface area (Å²) < 4.78 is 5.37. The zero-order chi connectivity index (χ0) is 12.8. The van der Waals surface area contributed by atoms with Gasteiger partial charge in [-0.25, -0.2) is 4.79 Å². The van der Waals surface area contributed by atoms with Crippen molar-refractivity contribution in [1.82, 2.24) is 5.32 Å². The van der Waals surface area contributed by atoms with E-state index in [0.29, 0.717) is 24.0 Å². The van der Waals surface area contributed by atoms with Crippen LogP contribution in [0.1, 0.15) is 28.8 Å². The molecule has 0 aliphatic rings. The van der Waals surface area contributed by atoms with Crippen LogP contribution in [0, 0.1) is 12.8 Å². The molecule has 0 amide bonds. The van der Waals surface area contributed by atoms with Gasteiger partial charge in [-0.05, 0) is 37.5 Å². The molecule has 0 saturated heterocycles. The van der Waals surface area contributed by atoms with E-state index in [1.54, 1.807) is 13.0 Å². The summed E-state index contributed by atoms with van der Waals surface area (Å²) in [5.41, 5.74) is 0.249. The topological polar surface area (TPSA) is 62.5 Å². The summed E-state index contributed by atoms with van der Waals surface area (Å²) >= 11 is 1.83. The monoisotopic (exact) mass is 257 g/mol. The Hall–Kier alpha value is -0.940. The summed E-state index contributed by atoms with van der Waals surface area (Å²) in [6.07, 6.45) is 2.09. The number of aromatic carboxylic acids is 1. The second-order valence-electron chi connectivity index (χ2n) is 4.18. The minimum Gasteiger partial charge on any atom is -0.478 e. The molecule has 17 heavy (non-hydrogen) atoms. The third-order valence-electron chi connectivity index (χ3n) is 2.44. The Morgan fingerprint density at radius 3 is 2.88 bits per heavy atom. The summed E-state index contributed by atoms with van der Waals surface area (Å²) in [5, 5.41) is 12.1. The van der Waals surface area contributed by atoms with Crippen LogP contribution >= 0.6 is 11.8 Å². The number of thioether (sulfide) groups is 1. The van der Waals surface area contributed by atoms with E-state index >= 15 is 0 Å². The molecule has 0 aromatic carbocycles. The van der Waals surface area contributed by atoms with E-state index < -0.39 is 5.97 Å². The first-order valence-electron chi connectivity index (χ1n) is 5.56. The second-order valence-corrected chi connectivity index (χ2v) is 5.09. The molecule has 1 unspecified atom stereocenters. The Morgan fingerprint density at radius 1 is 1.65 bits per heavy atom. The van der Waals surface area contributed by atoms with E-state index in [-0.39, 0.29) is 5.56 Å². The van der Waals surface area contributed by atoms with Crippen LogP contribution in [0.3, 0.4) is 0 Å². The van der Waals surface area contributed by atoms with Gasteiger partial charge in [-0.2, -0.15) is 11.8 Å². The van der Waals surface area contributed by atoms with E-state index in [1.807, 2.05) is 11.8 Å². The van der Waals surface area contributed by atoms with Gasteiger partial charge in [-0.1, -0.05) is 6.92 Å². The predicted molar refractivity (Wildman–Crippen MR) is 69.7 cm³/mol. The molecule has 0 spiro atoms. The Morgan fingerprint density at radius 2 is 2.35 bits per heavy atom. The number of carboxylic acids is 1. The Kier molecular flexibility index (Phi) is 5.58. The van der Waals surface area contributed by atoms with Gasteiger partial charge in [-0.3, -0.25) is 0 Å². The first-order valence-corrected chi connectivity index (χ1v) is 6.96. The molecule has 0 saturated carbocycles. The number of rotatable bonds is 7. The third-order valence-corrected chi connectivity index (χ3v) is 3.34. The Labute approximate surface area is 106 Å². The molecule has 0 aliphatic heterocycles. The normalized spacial score (nSPS) is 12.6. The minimum absolute atomic E-state index is 0.249. The molecule has 0 bridgehead atoms. The van der Waals surface area contributed by atoms with Crippen molar-refractivity contribution in [2.75, 3.05) is 18.6 Å². The van der Waals surface area contributed by atoms with Crippen molar-refractivity contribution in [1.29, 1.82) is 0 Å². The van der Waals surface area contributed by atoms with Gasteiger partial charge in [0, 0.05) is 0 Å². The fraction of sp³-hybridized carbons (Fsp3) is 0.583. The SMILES string of the molecule is CSCC(C)CNCc1cc(C(=O)O)c(C)o1. The van der Waals surface area contributed by atoms with Crippen molar-refractivity contribution >= 4 is 17.7 Å². The molecule has 0 aliphatic carbocycles. The molecule has 1 atom stereocenters. The van der Waals surface area contributed by atoms with Gasteiger partial charge in [-0.15, -0.1) is 0 Å². The predicted octanol–water partition coefficient (Wildman–Crippen LogP) is 2.37. The minimum atomic E-state index is -0.937. The van der Waals surface area contributed by atoms with Crippen molar-refractivity contribution in [3.63, 3.8) is 0 Å². The average molecular weight is 257 g/mol. The number of aryl methyl sites for hydroxylation is 1. The standard InChI is InChI=1S/C12H19NO3S/c1-8(7-17-3)5-13-6-10-4-11(12(14)15)9(2)16-10/h4,8,13H,5-7H2,1-3H3,(H,14,15). The number of furan rings is 1. The van der Waals surface area contributed by atoms with Gasteiger partial charge >= 0.3 is 5.97 Å². The highest BCUT2D eigenvalue weighted by Crippen LogP contribution is 2.14. The van der Waals surface area contributed by atoms with E-state index in [0.717, 1.165) is 12.3 Å². The van der Waals surface area contributed by atoms with Crippen LogP contribution in [0.4, 0.5) is 0 Å².